The first-order chi connectivity index (χ1) is 6.66. The standard InChI is InChI=1S/C6H3Cl3F3NS2/c7-5(8,10)14-3-1-2-4(13-3)15-6(9,11)12/h1-2,13H. The summed E-state index contributed by atoms with van der Waals surface area (Å²) in [5, 5.41) is 0.320. The molecule has 15 heavy (non-hydrogen) atoms. The Hall–Kier alpha value is 0.640. The van der Waals surface area contributed by atoms with Crippen molar-refractivity contribution in [1.82, 2.24) is 4.98 Å². The summed E-state index contributed by atoms with van der Waals surface area (Å²) in [6.45, 7) is 0. The van der Waals surface area contributed by atoms with Crippen LogP contribution in [0, 0.1) is 0 Å². The molecule has 1 nitrogen and oxygen atoms in total. The topological polar surface area (TPSA) is 15.8 Å². The molecular weight excluding hydrogens is 314 g/mol. The molecule has 0 aliphatic carbocycles. The lowest BCUT2D eigenvalue weighted by molar-refractivity contribution is 0.203. The normalized spacial score (nSPS) is 13.2. The average Bonchev–Trinajstić information content (AvgIpc) is 2.28. The van der Waals surface area contributed by atoms with E-state index in [4.69, 9.17) is 23.2 Å². The molecule has 1 rings (SSSR count). The number of nitrogens with one attached hydrogen (secondary N) is 1. The summed E-state index contributed by atoms with van der Waals surface area (Å²) in [5.41, 5.74) is 0. The molecule has 0 saturated carbocycles. The van der Waals surface area contributed by atoms with Crippen molar-refractivity contribution in [1.29, 1.82) is 0 Å². The number of rotatable bonds is 4. The van der Waals surface area contributed by atoms with Gasteiger partial charge in [0.2, 0.25) is 0 Å². The molecule has 0 aliphatic rings. The van der Waals surface area contributed by atoms with Gasteiger partial charge in [-0.2, -0.15) is 13.2 Å². The molecule has 0 aromatic carbocycles. The van der Waals surface area contributed by atoms with Gasteiger partial charge >= 0.3 is 8.63 Å². The van der Waals surface area contributed by atoms with Crippen LogP contribution in [0.5, 0.6) is 0 Å². The van der Waals surface area contributed by atoms with Crippen molar-refractivity contribution in [3.63, 3.8) is 0 Å². The Bertz CT molecular complexity index is 303. The molecule has 0 bridgehead atoms. The minimum Gasteiger partial charge on any atom is -0.345 e. The quantitative estimate of drug-likeness (QED) is 0.618. The van der Waals surface area contributed by atoms with E-state index in [9.17, 15) is 13.2 Å². The van der Waals surface area contributed by atoms with Crippen LogP contribution in [-0.4, -0.2) is 13.6 Å². The second kappa shape index (κ2) is 4.87. The van der Waals surface area contributed by atoms with Crippen molar-refractivity contribution in [2.45, 2.75) is 18.7 Å². The molecule has 1 heterocycles. The lowest BCUT2D eigenvalue weighted by Crippen LogP contribution is -1.97. The number of H-pyrrole nitrogens is 1. The van der Waals surface area contributed by atoms with Crippen LogP contribution in [0.3, 0.4) is 0 Å². The van der Waals surface area contributed by atoms with Crippen LogP contribution in [0.4, 0.5) is 13.2 Å². The van der Waals surface area contributed by atoms with Gasteiger partial charge in [-0.05, 0) is 47.3 Å². The van der Waals surface area contributed by atoms with E-state index in [1.807, 2.05) is 0 Å². The second-order valence-electron chi connectivity index (χ2n) is 2.28. The SMILES string of the molecule is FC(F)(Cl)Sc1ccc(SC(F)(Cl)Cl)[nH]1. The lowest BCUT2D eigenvalue weighted by Gasteiger charge is -2.06. The van der Waals surface area contributed by atoms with Gasteiger partial charge < -0.3 is 4.98 Å². The van der Waals surface area contributed by atoms with Crippen molar-refractivity contribution in [3.05, 3.63) is 12.1 Å². The van der Waals surface area contributed by atoms with Crippen LogP contribution in [0.2, 0.25) is 0 Å². The molecular formula is C6H3Cl3F3NS2. The van der Waals surface area contributed by atoms with Crippen LogP contribution >= 0.6 is 58.3 Å². The van der Waals surface area contributed by atoms with Gasteiger partial charge in [0.05, 0.1) is 10.1 Å². The molecule has 1 aromatic rings. The predicted octanol–water partition coefficient (Wildman–Crippen LogP) is 5.05. The number of aromatic amines is 1. The number of thioether (sulfide) groups is 2. The zero-order valence-corrected chi connectivity index (χ0v) is 10.6. The number of aromatic nitrogens is 1. The van der Waals surface area contributed by atoms with E-state index >= 15 is 0 Å². The minimum atomic E-state index is -3.42. The van der Waals surface area contributed by atoms with Crippen molar-refractivity contribution >= 4 is 58.3 Å². The van der Waals surface area contributed by atoms with Crippen molar-refractivity contribution in [3.8, 4) is 0 Å². The monoisotopic (exact) mass is 315 g/mol. The zero-order chi connectivity index (χ0) is 11.7. The summed E-state index contributed by atoms with van der Waals surface area (Å²) < 4.78 is 31.5. The van der Waals surface area contributed by atoms with Gasteiger partial charge in [-0.3, -0.25) is 0 Å². The maximum Gasteiger partial charge on any atom is 0.377 e. The Morgan fingerprint density at radius 3 is 1.87 bits per heavy atom. The lowest BCUT2D eigenvalue weighted by atomic mass is 10.7. The average molecular weight is 317 g/mol. The summed E-state index contributed by atoms with van der Waals surface area (Å²) in [7, 11) is 0. The highest BCUT2D eigenvalue weighted by Crippen LogP contribution is 2.43. The van der Waals surface area contributed by atoms with E-state index < -0.39 is 8.63 Å². The third-order valence-corrected chi connectivity index (χ3v) is 3.16. The maximum absolute atomic E-state index is 12.7. The fraction of sp³-hybridized carbons (Fsp3) is 0.333. The number of hydrogen-bond donors (Lipinski definition) is 1. The molecule has 0 fully saturated rings. The molecule has 0 atom stereocenters. The molecule has 9 heteroatoms. The maximum atomic E-state index is 12.7. The number of alkyl halides is 6. The molecule has 1 N–H and O–H groups in total. The van der Waals surface area contributed by atoms with Crippen LogP contribution in [-0.2, 0) is 0 Å². The predicted molar refractivity (Wildman–Crippen MR) is 58.9 cm³/mol. The summed E-state index contributed by atoms with van der Waals surface area (Å²) in [4.78, 5) is 2.48. The third-order valence-electron chi connectivity index (χ3n) is 1.08. The smallest absolute Gasteiger partial charge is 0.345 e. The summed E-state index contributed by atoms with van der Waals surface area (Å²) in [6.07, 6.45) is 0. The molecule has 0 amide bonds. The summed E-state index contributed by atoms with van der Waals surface area (Å²) in [6, 6.07) is 2.69. The van der Waals surface area contributed by atoms with E-state index in [1.165, 1.54) is 12.1 Å². The van der Waals surface area contributed by atoms with Gasteiger partial charge in [0.15, 0.2) is 0 Å². The van der Waals surface area contributed by atoms with Gasteiger partial charge in [-0.1, -0.05) is 23.2 Å². The highest BCUT2D eigenvalue weighted by molar-refractivity contribution is 8.03. The minimum absolute atomic E-state index is 0.0927. The van der Waals surface area contributed by atoms with Crippen LogP contribution in [0.1, 0.15) is 0 Å². The van der Waals surface area contributed by atoms with E-state index in [0.29, 0.717) is 11.8 Å². The van der Waals surface area contributed by atoms with E-state index in [0.717, 1.165) is 0 Å². The first-order valence-corrected chi connectivity index (χ1v) is 6.13. The van der Waals surface area contributed by atoms with Gasteiger partial charge in [0.1, 0.15) is 0 Å². The largest absolute Gasteiger partial charge is 0.377 e. The summed E-state index contributed by atoms with van der Waals surface area (Å²) >= 11 is 15.4. The Kier molecular flexibility index (Phi) is 4.45. The van der Waals surface area contributed by atoms with Crippen molar-refractivity contribution in [2.24, 2.45) is 0 Å². The Morgan fingerprint density at radius 2 is 1.47 bits per heavy atom. The molecule has 0 radical (unpaired) electrons. The Labute approximate surface area is 107 Å². The van der Waals surface area contributed by atoms with E-state index in [1.54, 1.807) is 0 Å². The van der Waals surface area contributed by atoms with E-state index in [-0.39, 0.29) is 21.8 Å². The zero-order valence-electron chi connectivity index (χ0n) is 6.74. The third kappa shape index (κ3) is 6.06. The fourth-order valence-corrected chi connectivity index (χ4v) is 2.63. The second-order valence-corrected chi connectivity index (χ2v) is 7.03. The Balaban J connectivity index is 2.65. The van der Waals surface area contributed by atoms with Gasteiger partial charge in [-0.15, -0.1) is 0 Å². The highest BCUT2D eigenvalue weighted by atomic mass is 35.5. The molecule has 86 valence electrons. The van der Waals surface area contributed by atoms with Crippen LogP contribution in [0.25, 0.3) is 0 Å². The van der Waals surface area contributed by atoms with E-state index in [2.05, 4.69) is 16.6 Å². The van der Waals surface area contributed by atoms with Gasteiger partial charge in [0, 0.05) is 0 Å². The van der Waals surface area contributed by atoms with Crippen molar-refractivity contribution < 1.29 is 13.2 Å². The molecule has 0 aliphatic heterocycles. The number of hydrogen-bond acceptors (Lipinski definition) is 2. The highest BCUT2D eigenvalue weighted by Gasteiger charge is 2.28. The van der Waals surface area contributed by atoms with Crippen LogP contribution in [0.15, 0.2) is 22.2 Å². The summed E-state index contributed by atoms with van der Waals surface area (Å²) in [5.74, 6) is 0. The first-order valence-electron chi connectivity index (χ1n) is 3.36. The van der Waals surface area contributed by atoms with Crippen molar-refractivity contribution in [2.75, 3.05) is 0 Å². The fourth-order valence-electron chi connectivity index (χ4n) is 0.725. The molecule has 0 saturated heterocycles. The molecule has 1 aromatic heterocycles. The first kappa shape index (κ1) is 13.7. The Morgan fingerprint density at radius 1 is 1.00 bits per heavy atom. The van der Waals surface area contributed by atoms with Gasteiger partial charge in [-0.25, -0.2) is 0 Å². The van der Waals surface area contributed by atoms with Crippen LogP contribution < -0.4 is 0 Å². The molecule has 0 unspecified atom stereocenters. The molecule has 0 spiro atoms. The van der Waals surface area contributed by atoms with Gasteiger partial charge in [0.25, 0.3) is 0 Å². The number of halogens is 6.